The minimum atomic E-state index is -2.40. The van der Waals surface area contributed by atoms with Gasteiger partial charge in [0.15, 0.2) is 0 Å². The molecule has 0 radical (unpaired) electrons. The highest BCUT2D eigenvalue weighted by Gasteiger charge is 2.16. The second kappa shape index (κ2) is 8.20. The van der Waals surface area contributed by atoms with Gasteiger partial charge in [-0.1, -0.05) is 0 Å². The molecule has 0 rings (SSSR count). The zero-order chi connectivity index (χ0) is 14.2. The van der Waals surface area contributed by atoms with Crippen molar-refractivity contribution in [3.05, 3.63) is 0 Å². The molecule has 0 aromatic rings. The van der Waals surface area contributed by atoms with E-state index in [9.17, 15) is 13.6 Å². The van der Waals surface area contributed by atoms with Crippen LogP contribution in [0.15, 0.2) is 0 Å². The number of nitrogens with one attached hydrogen (secondary N) is 2. The van der Waals surface area contributed by atoms with Crippen molar-refractivity contribution in [2.45, 2.75) is 45.3 Å². The number of amides is 1. The van der Waals surface area contributed by atoms with Crippen LogP contribution < -0.4 is 16.4 Å². The van der Waals surface area contributed by atoms with Crippen LogP contribution in [0.25, 0.3) is 0 Å². The van der Waals surface area contributed by atoms with Gasteiger partial charge in [0.25, 0.3) is 6.43 Å². The number of alkyl halides is 2. The van der Waals surface area contributed by atoms with Crippen LogP contribution in [-0.4, -0.2) is 43.8 Å². The maximum Gasteiger partial charge on any atom is 0.407 e. The summed E-state index contributed by atoms with van der Waals surface area (Å²) in [7, 11) is 0. The van der Waals surface area contributed by atoms with Crippen molar-refractivity contribution in [1.82, 2.24) is 10.6 Å². The van der Waals surface area contributed by atoms with E-state index in [1.54, 1.807) is 20.8 Å². The largest absolute Gasteiger partial charge is 0.444 e. The molecule has 1 amide bonds. The first-order valence-corrected chi connectivity index (χ1v) is 5.93. The van der Waals surface area contributed by atoms with Gasteiger partial charge in [-0.3, -0.25) is 0 Å². The fourth-order valence-corrected chi connectivity index (χ4v) is 1.22. The number of rotatable bonds is 7. The summed E-state index contributed by atoms with van der Waals surface area (Å²) >= 11 is 0. The number of hydrogen-bond donors (Lipinski definition) is 3. The third kappa shape index (κ3) is 10.2. The van der Waals surface area contributed by atoms with Crippen LogP contribution in [0.5, 0.6) is 0 Å². The summed E-state index contributed by atoms with van der Waals surface area (Å²) in [4.78, 5) is 11.3. The van der Waals surface area contributed by atoms with Gasteiger partial charge in [-0.15, -0.1) is 0 Å². The normalized spacial score (nSPS) is 13.5. The van der Waals surface area contributed by atoms with Crippen molar-refractivity contribution in [3.63, 3.8) is 0 Å². The first-order valence-electron chi connectivity index (χ1n) is 5.93. The fraction of sp³-hybridized carbons (Fsp3) is 0.909. The quantitative estimate of drug-likeness (QED) is 0.645. The number of nitrogens with two attached hydrogens (primary N) is 1. The van der Waals surface area contributed by atoms with Gasteiger partial charge in [0.1, 0.15) is 5.60 Å². The second-order valence-corrected chi connectivity index (χ2v) is 4.95. The van der Waals surface area contributed by atoms with Crippen LogP contribution >= 0.6 is 0 Å². The lowest BCUT2D eigenvalue weighted by Crippen LogP contribution is -2.42. The van der Waals surface area contributed by atoms with E-state index in [-0.39, 0.29) is 12.6 Å². The Morgan fingerprint density at radius 1 is 1.39 bits per heavy atom. The van der Waals surface area contributed by atoms with Gasteiger partial charge in [-0.2, -0.15) is 0 Å². The molecule has 1 atom stereocenters. The van der Waals surface area contributed by atoms with Crippen molar-refractivity contribution in [2.24, 2.45) is 5.73 Å². The average Bonchev–Trinajstić information content (AvgIpc) is 2.20. The van der Waals surface area contributed by atoms with Gasteiger partial charge in [0.2, 0.25) is 0 Å². The summed E-state index contributed by atoms with van der Waals surface area (Å²) in [6, 6.07) is -0.242. The maximum atomic E-state index is 12.0. The lowest BCUT2D eigenvalue weighted by Gasteiger charge is -2.21. The highest BCUT2D eigenvalue weighted by molar-refractivity contribution is 5.67. The Morgan fingerprint density at radius 2 is 2.00 bits per heavy atom. The molecule has 0 aromatic heterocycles. The summed E-state index contributed by atoms with van der Waals surface area (Å²) in [5, 5.41) is 5.17. The Kier molecular flexibility index (Phi) is 7.77. The minimum Gasteiger partial charge on any atom is -0.444 e. The van der Waals surface area contributed by atoms with Crippen molar-refractivity contribution >= 4 is 6.09 Å². The van der Waals surface area contributed by atoms with E-state index in [1.807, 2.05) is 0 Å². The third-order valence-corrected chi connectivity index (χ3v) is 2.01. The molecule has 5 nitrogen and oxygen atoms in total. The molecule has 7 heteroatoms. The minimum absolute atomic E-state index is 0.239. The van der Waals surface area contributed by atoms with E-state index >= 15 is 0 Å². The van der Waals surface area contributed by atoms with Crippen LogP contribution in [0, 0.1) is 0 Å². The van der Waals surface area contributed by atoms with Crippen molar-refractivity contribution < 1.29 is 18.3 Å². The predicted octanol–water partition coefficient (Wildman–Crippen LogP) is 1.08. The number of carbonyl (C=O) groups is 1. The zero-order valence-electron chi connectivity index (χ0n) is 11.1. The van der Waals surface area contributed by atoms with Gasteiger partial charge in [0.05, 0.1) is 6.54 Å². The summed E-state index contributed by atoms with van der Waals surface area (Å²) < 4.78 is 29.0. The lowest BCUT2D eigenvalue weighted by atomic mass is 10.2. The van der Waals surface area contributed by atoms with E-state index in [1.165, 1.54) is 0 Å². The summed E-state index contributed by atoms with van der Waals surface area (Å²) in [5.41, 5.74) is 4.88. The summed E-state index contributed by atoms with van der Waals surface area (Å²) in [6.07, 6.45) is -2.45. The van der Waals surface area contributed by atoms with Gasteiger partial charge in [-0.25, -0.2) is 13.6 Å². The van der Waals surface area contributed by atoms with Crippen molar-refractivity contribution in [2.75, 3.05) is 19.6 Å². The SMILES string of the molecule is CC(C)(C)OC(=O)NCCC(CN)NCC(F)F. The summed E-state index contributed by atoms with van der Waals surface area (Å²) in [6.45, 7) is 5.46. The average molecular weight is 267 g/mol. The Hall–Kier alpha value is -0.950. The van der Waals surface area contributed by atoms with Gasteiger partial charge < -0.3 is 21.1 Å². The van der Waals surface area contributed by atoms with Gasteiger partial charge in [0, 0.05) is 19.1 Å². The molecule has 0 bridgehead atoms. The number of alkyl carbamates (subject to hydrolysis) is 1. The van der Waals surface area contributed by atoms with E-state index in [0.717, 1.165) is 0 Å². The maximum absolute atomic E-state index is 12.0. The highest BCUT2D eigenvalue weighted by atomic mass is 19.3. The molecule has 108 valence electrons. The van der Waals surface area contributed by atoms with E-state index in [0.29, 0.717) is 13.0 Å². The fourth-order valence-electron chi connectivity index (χ4n) is 1.22. The molecule has 0 aliphatic carbocycles. The molecule has 4 N–H and O–H groups in total. The standard InChI is InChI=1S/C11H23F2N3O2/c1-11(2,3)18-10(17)15-5-4-8(6-14)16-7-9(12)13/h8-9,16H,4-7,14H2,1-3H3,(H,15,17). The first-order chi connectivity index (χ1) is 8.24. The van der Waals surface area contributed by atoms with E-state index in [4.69, 9.17) is 10.5 Å². The molecule has 0 fully saturated rings. The Balaban J connectivity index is 3.76. The van der Waals surface area contributed by atoms with Crippen LogP contribution in [0.1, 0.15) is 27.2 Å². The molecular formula is C11H23F2N3O2. The monoisotopic (exact) mass is 267 g/mol. The van der Waals surface area contributed by atoms with Crippen LogP contribution in [-0.2, 0) is 4.74 Å². The molecule has 0 aromatic carbocycles. The predicted molar refractivity (Wildman–Crippen MR) is 65.7 cm³/mol. The van der Waals surface area contributed by atoms with Crippen molar-refractivity contribution in [3.8, 4) is 0 Å². The molecule has 0 saturated carbocycles. The topological polar surface area (TPSA) is 76.4 Å². The highest BCUT2D eigenvalue weighted by Crippen LogP contribution is 2.06. The second-order valence-electron chi connectivity index (χ2n) is 4.95. The number of carbonyl (C=O) groups excluding carboxylic acids is 1. The number of ether oxygens (including phenoxy) is 1. The summed E-state index contributed by atoms with van der Waals surface area (Å²) in [5.74, 6) is 0. The first kappa shape index (κ1) is 17.1. The molecule has 0 saturated heterocycles. The van der Waals surface area contributed by atoms with Crippen molar-refractivity contribution in [1.29, 1.82) is 0 Å². The molecule has 0 spiro atoms. The van der Waals surface area contributed by atoms with Gasteiger partial charge in [-0.05, 0) is 27.2 Å². The van der Waals surface area contributed by atoms with E-state index < -0.39 is 24.7 Å². The number of halogens is 2. The molecular weight excluding hydrogens is 244 g/mol. The van der Waals surface area contributed by atoms with Crippen LogP contribution in [0.4, 0.5) is 13.6 Å². The van der Waals surface area contributed by atoms with Crippen LogP contribution in [0.2, 0.25) is 0 Å². The Bertz CT molecular complexity index is 245. The third-order valence-electron chi connectivity index (χ3n) is 2.01. The van der Waals surface area contributed by atoms with Gasteiger partial charge >= 0.3 is 6.09 Å². The smallest absolute Gasteiger partial charge is 0.407 e. The number of hydrogen-bond acceptors (Lipinski definition) is 4. The molecule has 18 heavy (non-hydrogen) atoms. The Morgan fingerprint density at radius 3 is 2.44 bits per heavy atom. The molecule has 1 unspecified atom stereocenters. The van der Waals surface area contributed by atoms with E-state index in [2.05, 4.69) is 10.6 Å². The Labute approximate surface area is 106 Å². The molecule has 0 aliphatic heterocycles. The van der Waals surface area contributed by atoms with Crippen LogP contribution in [0.3, 0.4) is 0 Å². The lowest BCUT2D eigenvalue weighted by molar-refractivity contribution is 0.0525. The molecule has 0 heterocycles. The zero-order valence-corrected chi connectivity index (χ0v) is 11.1. The molecule has 0 aliphatic rings.